The third kappa shape index (κ3) is 5.81. The van der Waals surface area contributed by atoms with Crippen LogP contribution in [0.25, 0.3) is 0 Å². The number of unbranched alkanes of at least 4 members (excludes halogenated alkanes) is 1. The molecule has 1 amide bonds. The van der Waals surface area contributed by atoms with Crippen LogP contribution >= 0.6 is 0 Å². The number of rotatable bonds is 9. The van der Waals surface area contributed by atoms with Gasteiger partial charge in [-0.25, -0.2) is 12.7 Å². The first-order valence-electron chi connectivity index (χ1n) is 9.30. The van der Waals surface area contributed by atoms with Crippen LogP contribution in [0.2, 0.25) is 0 Å². The van der Waals surface area contributed by atoms with Gasteiger partial charge in [0.05, 0.1) is 4.90 Å². The van der Waals surface area contributed by atoms with Gasteiger partial charge in [0.15, 0.2) is 6.61 Å². The topological polar surface area (TPSA) is 75.7 Å². The summed E-state index contributed by atoms with van der Waals surface area (Å²) in [6, 6.07) is 11.8. The highest BCUT2D eigenvalue weighted by Gasteiger charge is 2.20. The second kappa shape index (κ2) is 9.71. The number of nitrogens with one attached hydrogen (secondary N) is 1. The van der Waals surface area contributed by atoms with Crippen LogP contribution in [0.1, 0.15) is 30.9 Å². The van der Waals surface area contributed by atoms with Gasteiger partial charge in [0.2, 0.25) is 10.0 Å². The number of sulfonamides is 1. The fourth-order valence-electron chi connectivity index (χ4n) is 2.54. The van der Waals surface area contributed by atoms with Crippen molar-refractivity contribution in [1.82, 2.24) is 4.31 Å². The molecule has 0 aliphatic carbocycles. The molecular formula is C21H28N2O4S. The number of aryl methyl sites for hydroxylation is 2. The zero-order chi connectivity index (χ0) is 20.7. The summed E-state index contributed by atoms with van der Waals surface area (Å²) in [6.07, 6.45) is 1.74. The second-order valence-corrected chi connectivity index (χ2v) is 8.83. The molecule has 0 spiro atoms. The number of anilines is 1. The van der Waals surface area contributed by atoms with Crippen LogP contribution in [-0.4, -0.2) is 38.8 Å². The van der Waals surface area contributed by atoms with Crippen molar-refractivity contribution in [3.05, 3.63) is 53.6 Å². The number of hydrogen-bond acceptors (Lipinski definition) is 4. The maximum absolute atomic E-state index is 12.5. The molecule has 0 bridgehead atoms. The molecule has 6 nitrogen and oxygen atoms in total. The molecule has 0 aliphatic rings. The molecule has 0 saturated carbocycles. The minimum atomic E-state index is -3.51. The van der Waals surface area contributed by atoms with Crippen molar-refractivity contribution in [1.29, 1.82) is 0 Å². The van der Waals surface area contributed by atoms with Crippen LogP contribution in [0, 0.1) is 13.8 Å². The predicted octanol–water partition coefficient (Wildman–Crippen LogP) is 3.74. The molecule has 28 heavy (non-hydrogen) atoms. The summed E-state index contributed by atoms with van der Waals surface area (Å²) in [4.78, 5) is 12.3. The summed E-state index contributed by atoms with van der Waals surface area (Å²) in [6.45, 7) is 6.37. The Morgan fingerprint density at radius 2 is 1.75 bits per heavy atom. The number of carbonyl (C=O) groups excluding carboxylic acids is 1. The van der Waals surface area contributed by atoms with Gasteiger partial charge in [-0.15, -0.1) is 0 Å². The monoisotopic (exact) mass is 404 g/mol. The molecule has 7 heteroatoms. The molecule has 2 aromatic carbocycles. The molecular weight excluding hydrogens is 376 g/mol. The van der Waals surface area contributed by atoms with E-state index in [9.17, 15) is 13.2 Å². The zero-order valence-electron chi connectivity index (χ0n) is 16.9. The molecule has 0 unspecified atom stereocenters. The lowest BCUT2D eigenvalue weighted by Gasteiger charge is -2.17. The van der Waals surface area contributed by atoms with Crippen molar-refractivity contribution < 1.29 is 17.9 Å². The molecule has 152 valence electrons. The number of nitrogens with zero attached hydrogens (tertiary/aromatic N) is 1. The van der Waals surface area contributed by atoms with Crippen molar-refractivity contribution in [3.8, 4) is 5.75 Å². The Kier molecular flexibility index (Phi) is 7.60. The predicted molar refractivity (Wildman–Crippen MR) is 111 cm³/mol. The maximum atomic E-state index is 12.5. The first-order valence-corrected chi connectivity index (χ1v) is 10.7. The standard InChI is InChI=1S/C21H28N2O4S/c1-5-6-13-23(4)28(25,26)20-11-8-18(9-12-20)22-21(24)15-27-19-10-7-16(2)17(3)14-19/h7-12,14H,5-6,13,15H2,1-4H3,(H,22,24). The lowest BCUT2D eigenvalue weighted by atomic mass is 10.1. The minimum Gasteiger partial charge on any atom is -0.484 e. The Hall–Kier alpha value is -2.38. The normalized spacial score (nSPS) is 11.5. The first-order chi connectivity index (χ1) is 13.2. The van der Waals surface area contributed by atoms with Gasteiger partial charge in [-0.05, 0) is 67.8 Å². The summed E-state index contributed by atoms with van der Waals surface area (Å²) in [5, 5.41) is 2.71. The van der Waals surface area contributed by atoms with E-state index in [2.05, 4.69) is 5.32 Å². The largest absolute Gasteiger partial charge is 0.484 e. The van der Waals surface area contributed by atoms with E-state index in [0.29, 0.717) is 18.0 Å². The van der Waals surface area contributed by atoms with E-state index in [-0.39, 0.29) is 17.4 Å². The molecule has 1 N–H and O–H groups in total. The van der Waals surface area contributed by atoms with Gasteiger partial charge < -0.3 is 10.1 Å². The highest BCUT2D eigenvalue weighted by Crippen LogP contribution is 2.19. The van der Waals surface area contributed by atoms with Gasteiger partial charge in [-0.1, -0.05) is 19.4 Å². The van der Waals surface area contributed by atoms with Crippen molar-refractivity contribution in [3.63, 3.8) is 0 Å². The van der Waals surface area contributed by atoms with Crippen molar-refractivity contribution in [2.45, 2.75) is 38.5 Å². The number of benzene rings is 2. The van der Waals surface area contributed by atoms with E-state index in [1.54, 1.807) is 19.2 Å². The molecule has 0 aliphatic heterocycles. The smallest absolute Gasteiger partial charge is 0.262 e. The third-order valence-corrected chi connectivity index (χ3v) is 6.39. The molecule has 0 saturated heterocycles. The maximum Gasteiger partial charge on any atom is 0.262 e. The molecule has 0 aromatic heterocycles. The molecule has 0 radical (unpaired) electrons. The summed E-state index contributed by atoms with van der Waals surface area (Å²) in [7, 11) is -1.94. The highest BCUT2D eigenvalue weighted by molar-refractivity contribution is 7.89. The number of ether oxygens (including phenoxy) is 1. The van der Waals surface area contributed by atoms with Crippen LogP contribution in [0.4, 0.5) is 5.69 Å². The second-order valence-electron chi connectivity index (χ2n) is 6.79. The number of carbonyl (C=O) groups is 1. The molecule has 2 rings (SSSR count). The SMILES string of the molecule is CCCCN(C)S(=O)(=O)c1ccc(NC(=O)COc2ccc(C)c(C)c2)cc1. The quantitative estimate of drug-likeness (QED) is 0.691. The van der Waals surface area contributed by atoms with E-state index in [4.69, 9.17) is 4.74 Å². The Morgan fingerprint density at radius 1 is 1.07 bits per heavy atom. The van der Waals surface area contributed by atoms with Gasteiger partial charge in [0.1, 0.15) is 5.75 Å². The summed E-state index contributed by atoms with van der Waals surface area (Å²) >= 11 is 0. The van der Waals surface area contributed by atoms with Gasteiger partial charge in [0.25, 0.3) is 5.91 Å². The fourth-order valence-corrected chi connectivity index (χ4v) is 3.75. The molecule has 2 aromatic rings. The summed E-state index contributed by atoms with van der Waals surface area (Å²) in [5.41, 5.74) is 2.77. The van der Waals surface area contributed by atoms with E-state index in [1.165, 1.54) is 16.4 Å². The average molecular weight is 405 g/mol. The van der Waals surface area contributed by atoms with Crippen LogP contribution in [0.5, 0.6) is 5.75 Å². The van der Waals surface area contributed by atoms with Crippen LogP contribution < -0.4 is 10.1 Å². The fraction of sp³-hybridized carbons (Fsp3) is 0.381. The number of amides is 1. The molecule has 0 atom stereocenters. The minimum absolute atomic E-state index is 0.123. The van der Waals surface area contributed by atoms with Crippen LogP contribution in [0.15, 0.2) is 47.4 Å². The average Bonchev–Trinajstić information content (AvgIpc) is 2.67. The third-order valence-electron chi connectivity index (χ3n) is 4.52. The van der Waals surface area contributed by atoms with E-state index >= 15 is 0 Å². The Balaban J connectivity index is 1.94. The zero-order valence-corrected chi connectivity index (χ0v) is 17.7. The van der Waals surface area contributed by atoms with Crippen LogP contribution in [-0.2, 0) is 14.8 Å². The first kappa shape index (κ1) is 21.9. The van der Waals surface area contributed by atoms with Gasteiger partial charge >= 0.3 is 0 Å². The summed E-state index contributed by atoms with van der Waals surface area (Å²) < 4.78 is 31.9. The Labute approximate surface area is 167 Å². The van der Waals surface area contributed by atoms with Crippen LogP contribution in [0.3, 0.4) is 0 Å². The van der Waals surface area contributed by atoms with E-state index in [1.807, 2.05) is 39.0 Å². The van der Waals surface area contributed by atoms with Crippen molar-refractivity contribution >= 4 is 21.6 Å². The summed E-state index contributed by atoms with van der Waals surface area (Å²) in [5.74, 6) is 0.323. The lowest BCUT2D eigenvalue weighted by molar-refractivity contribution is -0.118. The van der Waals surface area contributed by atoms with Gasteiger partial charge in [-0.3, -0.25) is 4.79 Å². The van der Waals surface area contributed by atoms with Crippen molar-refractivity contribution in [2.24, 2.45) is 0 Å². The van der Waals surface area contributed by atoms with Crippen molar-refractivity contribution in [2.75, 3.05) is 25.5 Å². The van der Waals surface area contributed by atoms with Gasteiger partial charge in [-0.2, -0.15) is 0 Å². The number of hydrogen-bond donors (Lipinski definition) is 1. The lowest BCUT2D eigenvalue weighted by Crippen LogP contribution is -2.28. The Bertz CT molecular complexity index is 909. The van der Waals surface area contributed by atoms with E-state index in [0.717, 1.165) is 24.0 Å². The molecule has 0 heterocycles. The molecule has 0 fully saturated rings. The highest BCUT2D eigenvalue weighted by atomic mass is 32.2. The van der Waals surface area contributed by atoms with Gasteiger partial charge in [0, 0.05) is 19.3 Å². The van der Waals surface area contributed by atoms with E-state index < -0.39 is 10.0 Å². The Morgan fingerprint density at radius 3 is 2.36 bits per heavy atom.